The molecule has 0 aromatic carbocycles. The zero-order valence-corrected chi connectivity index (χ0v) is 14.0. The van der Waals surface area contributed by atoms with Gasteiger partial charge in [-0.15, -0.1) is 11.3 Å². The lowest BCUT2D eigenvalue weighted by atomic mass is 9.96. The topological polar surface area (TPSA) is 32.3 Å². The number of nitrogens with one attached hydrogen (secondary N) is 1. The number of hydrogen-bond acceptors (Lipinski definition) is 3. The van der Waals surface area contributed by atoms with Crippen LogP contribution in [-0.2, 0) is 4.79 Å². The molecule has 0 aliphatic carbocycles. The van der Waals surface area contributed by atoms with Crippen LogP contribution in [0.3, 0.4) is 0 Å². The zero-order valence-electron chi connectivity index (χ0n) is 13.1. The van der Waals surface area contributed by atoms with Gasteiger partial charge >= 0.3 is 0 Å². The fourth-order valence-electron chi connectivity index (χ4n) is 3.07. The van der Waals surface area contributed by atoms with Gasteiger partial charge in [0.2, 0.25) is 5.91 Å². The second-order valence-electron chi connectivity index (χ2n) is 6.18. The van der Waals surface area contributed by atoms with Crippen molar-refractivity contribution in [3.05, 3.63) is 22.4 Å². The molecule has 1 amide bonds. The number of carbonyl (C=O) groups excluding carboxylic acids is 1. The van der Waals surface area contributed by atoms with Gasteiger partial charge in [-0.3, -0.25) is 10.1 Å². The Morgan fingerprint density at radius 2 is 2.15 bits per heavy atom. The molecule has 4 heteroatoms. The smallest absolute Gasteiger partial charge is 0.244 e. The quantitative estimate of drug-likeness (QED) is 0.896. The highest BCUT2D eigenvalue weighted by Gasteiger charge is 2.50. The monoisotopic (exact) mass is 294 g/mol. The van der Waals surface area contributed by atoms with Crippen LogP contribution < -0.4 is 5.32 Å². The standard InChI is InChI=1S/C16H26N2OS/c1-6-12(11(3)4)18-14(13-9-8-10-20-13)17-16(5,7-2)15(18)19/h8-12,14,17H,6-7H2,1-5H3. The highest BCUT2D eigenvalue weighted by molar-refractivity contribution is 7.10. The maximum absolute atomic E-state index is 12.9. The Morgan fingerprint density at radius 3 is 2.60 bits per heavy atom. The molecule has 3 unspecified atom stereocenters. The van der Waals surface area contributed by atoms with Crippen molar-refractivity contribution in [3.8, 4) is 0 Å². The summed E-state index contributed by atoms with van der Waals surface area (Å²) in [6.45, 7) is 10.7. The zero-order chi connectivity index (χ0) is 14.9. The largest absolute Gasteiger partial charge is 0.317 e. The third-order valence-corrected chi connectivity index (χ3v) is 5.43. The van der Waals surface area contributed by atoms with Crippen LogP contribution in [0.2, 0.25) is 0 Å². The lowest BCUT2D eigenvalue weighted by Crippen LogP contribution is -2.46. The van der Waals surface area contributed by atoms with E-state index >= 15 is 0 Å². The van der Waals surface area contributed by atoms with Crippen molar-refractivity contribution in [3.63, 3.8) is 0 Å². The van der Waals surface area contributed by atoms with Crippen LogP contribution in [0.15, 0.2) is 17.5 Å². The maximum Gasteiger partial charge on any atom is 0.244 e. The van der Waals surface area contributed by atoms with E-state index in [2.05, 4.69) is 55.4 Å². The Labute approximate surface area is 126 Å². The molecular weight excluding hydrogens is 268 g/mol. The summed E-state index contributed by atoms with van der Waals surface area (Å²) in [4.78, 5) is 16.3. The van der Waals surface area contributed by atoms with Crippen molar-refractivity contribution in [1.29, 1.82) is 0 Å². The van der Waals surface area contributed by atoms with Crippen molar-refractivity contribution in [1.82, 2.24) is 10.2 Å². The van der Waals surface area contributed by atoms with E-state index in [0.717, 1.165) is 12.8 Å². The number of rotatable bonds is 5. The van der Waals surface area contributed by atoms with E-state index in [1.54, 1.807) is 11.3 Å². The molecule has 112 valence electrons. The summed E-state index contributed by atoms with van der Waals surface area (Å²) in [5, 5.41) is 5.66. The molecule has 1 aromatic heterocycles. The summed E-state index contributed by atoms with van der Waals surface area (Å²) < 4.78 is 0. The van der Waals surface area contributed by atoms with Crippen LogP contribution >= 0.6 is 11.3 Å². The summed E-state index contributed by atoms with van der Waals surface area (Å²) in [5.74, 6) is 0.714. The van der Waals surface area contributed by atoms with E-state index in [1.807, 2.05) is 6.92 Å². The first kappa shape index (κ1) is 15.5. The SMILES string of the molecule is CCC(C(C)C)N1C(=O)C(C)(CC)NC1c1cccs1. The molecule has 3 nitrogen and oxygen atoms in total. The first-order chi connectivity index (χ1) is 9.44. The normalized spacial score (nSPS) is 28.4. The van der Waals surface area contributed by atoms with Crippen LogP contribution in [0.25, 0.3) is 0 Å². The Kier molecular flexibility index (Phi) is 4.55. The van der Waals surface area contributed by atoms with E-state index in [9.17, 15) is 4.79 Å². The van der Waals surface area contributed by atoms with Crippen LogP contribution in [-0.4, -0.2) is 22.4 Å². The molecule has 1 aromatic rings. The molecule has 0 radical (unpaired) electrons. The molecule has 1 aliphatic rings. The number of nitrogens with zero attached hydrogens (tertiary/aromatic N) is 1. The highest BCUT2D eigenvalue weighted by atomic mass is 32.1. The van der Waals surface area contributed by atoms with E-state index < -0.39 is 5.54 Å². The van der Waals surface area contributed by atoms with Gasteiger partial charge in [0, 0.05) is 10.9 Å². The van der Waals surface area contributed by atoms with E-state index in [1.165, 1.54) is 4.88 Å². The van der Waals surface area contributed by atoms with Gasteiger partial charge in [-0.25, -0.2) is 0 Å². The van der Waals surface area contributed by atoms with Crippen molar-refractivity contribution in [2.75, 3.05) is 0 Å². The van der Waals surface area contributed by atoms with Gasteiger partial charge in [0.15, 0.2) is 0 Å². The second-order valence-corrected chi connectivity index (χ2v) is 7.16. The molecule has 2 rings (SSSR count). The minimum absolute atomic E-state index is 0.0276. The van der Waals surface area contributed by atoms with E-state index in [-0.39, 0.29) is 18.1 Å². The number of amides is 1. The Balaban J connectivity index is 2.40. The number of carbonyl (C=O) groups is 1. The molecule has 0 spiro atoms. The summed E-state index contributed by atoms with van der Waals surface area (Å²) in [5.41, 5.74) is -0.434. The first-order valence-corrected chi connectivity index (χ1v) is 8.46. The van der Waals surface area contributed by atoms with Gasteiger partial charge in [-0.2, -0.15) is 0 Å². The van der Waals surface area contributed by atoms with E-state index in [0.29, 0.717) is 5.92 Å². The van der Waals surface area contributed by atoms with Crippen LogP contribution in [0.4, 0.5) is 0 Å². The number of hydrogen-bond donors (Lipinski definition) is 1. The molecule has 2 heterocycles. The molecule has 3 atom stereocenters. The lowest BCUT2D eigenvalue weighted by molar-refractivity contribution is -0.136. The molecule has 1 fully saturated rings. The predicted octanol–water partition coefficient (Wildman–Crippen LogP) is 3.78. The highest BCUT2D eigenvalue weighted by Crippen LogP contribution is 2.38. The van der Waals surface area contributed by atoms with Crippen LogP contribution in [0.1, 0.15) is 58.5 Å². The fraction of sp³-hybridized carbons (Fsp3) is 0.688. The van der Waals surface area contributed by atoms with Crippen LogP contribution in [0.5, 0.6) is 0 Å². The molecule has 0 bridgehead atoms. The molecule has 1 N–H and O–H groups in total. The lowest BCUT2D eigenvalue weighted by Gasteiger charge is -2.34. The minimum Gasteiger partial charge on any atom is -0.317 e. The third kappa shape index (κ3) is 2.51. The Bertz CT molecular complexity index is 457. The Morgan fingerprint density at radius 1 is 1.45 bits per heavy atom. The average molecular weight is 294 g/mol. The third-order valence-electron chi connectivity index (χ3n) is 4.50. The van der Waals surface area contributed by atoms with Gasteiger partial charge in [-0.05, 0) is 37.1 Å². The molecular formula is C16H26N2OS. The van der Waals surface area contributed by atoms with E-state index in [4.69, 9.17) is 0 Å². The molecule has 1 saturated heterocycles. The van der Waals surface area contributed by atoms with Gasteiger partial charge < -0.3 is 4.90 Å². The average Bonchev–Trinajstić information content (AvgIpc) is 3.01. The molecule has 20 heavy (non-hydrogen) atoms. The van der Waals surface area contributed by atoms with Crippen molar-refractivity contribution >= 4 is 17.2 Å². The summed E-state index contributed by atoms with van der Waals surface area (Å²) in [7, 11) is 0. The maximum atomic E-state index is 12.9. The van der Waals surface area contributed by atoms with Gasteiger partial charge in [0.05, 0.1) is 5.54 Å². The molecule has 0 saturated carbocycles. The van der Waals surface area contributed by atoms with Crippen LogP contribution in [0, 0.1) is 5.92 Å². The van der Waals surface area contributed by atoms with Gasteiger partial charge in [0.1, 0.15) is 6.17 Å². The van der Waals surface area contributed by atoms with Gasteiger partial charge in [0.25, 0.3) is 0 Å². The molecule has 1 aliphatic heterocycles. The fourth-order valence-corrected chi connectivity index (χ4v) is 3.85. The van der Waals surface area contributed by atoms with Gasteiger partial charge in [-0.1, -0.05) is 33.8 Å². The van der Waals surface area contributed by atoms with Crippen molar-refractivity contribution < 1.29 is 4.79 Å². The predicted molar refractivity (Wildman–Crippen MR) is 84.7 cm³/mol. The summed E-state index contributed by atoms with van der Waals surface area (Å²) >= 11 is 1.72. The van der Waals surface area contributed by atoms with Crippen molar-refractivity contribution in [2.45, 2.75) is 65.2 Å². The second kappa shape index (κ2) is 5.86. The Hall–Kier alpha value is -0.870. The summed E-state index contributed by atoms with van der Waals surface area (Å²) in [6, 6.07) is 4.47. The summed E-state index contributed by atoms with van der Waals surface area (Å²) in [6.07, 6.45) is 1.84. The first-order valence-electron chi connectivity index (χ1n) is 7.58. The minimum atomic E-state index is -0.434. The number of thiophene rings is 1. The van der Waals surface area contributed by atoms with Crippen molar-refractivity contribution in [2.24, 2.45) is 5.92 Å².